The number of carbonyl (C=O) groups excluding carboxylic acids is 1. The topological polar surface area (TPSA) is 46.5 Å². The number of allylic oxidation sites excluding steroid dienone is 1. The van der Waals surface area contributed by atoms with Gasteiger partial charge in [-0.3, -0.25) is 0 Å². The number of hydrogen-bond acceptors (Lipinski definition) is 3. The molecule has 1 N–H and O–H groups in total. The first-order chi connectivity index (χ1) is 7.11. The number of aliphatic hydroxyl groups excluding tert-OH is 1. The molecule has 0 spiro atoms. The van der Waals surface area contributed by atoms with E-state index in [1.807, 2.05) is 13.8 Å². The second-order valence-electron chi connectivity index (χ2n) is 3.69. The predicted molar refractivity (Wildman–Crippen MR) is 60.5 cm³/mol. The zero-order chi connectivity index (χ0) is 11.7. The Hall–Kier alpha value is -0.830. The van der Waals surface area contributed by atoms with Crippen molar-refractivity contribution in [2.45, 2.75) is 52.6 Å². The zero-order valence-electron chi connectivity index (χ0n) is 9.95. The summed E-state index contributed by atoms with van der Waals surface area (Å²) in [6.45, 7) is 5.97. The van der Waals surface area contributed by atoms with Gasteiger partial charge in [0, 0.05) is 5.57 Å². The summed E-state index contributed by atoms with van der Waals surface area (Å²) in [4.78, 5) is 11.2. The molecule has 0 rings (SSSR count). The van der Waals surface area contributed by atoms with E-state index in [2.05, 4.69) is 0 Å². The van der Waals surface area contributed by atoms with E-state index in [4.69, 9.17) is 4.74 Å². The van der Waals surface area contributed by atoms with Gasteiger partial charge in [0.25, 0.3) is 0 Å². The Morgan fingerprint density at radius 3 is 2.67 bits per heavy atom. The third-order valence-electron chi connectivity index (χ3n) is 2.29. The van der Waals surface area contributed by atoms with E-state index in [1.165, 1.54) is 0 Å². The zero-order valence-corrected chi connectivity index (χ0v) is 9.95. The highest BCUT2D eigenvalue weighted by Gasteiger charge is 2.05. The lowest BCUT2D eigenvalue weighted by Crippen LogP contribution is -2.10. The number of ether oxygens (including phenoxy) is 1. The van der Waals surface area contributed by atoms with Crippen LogP contribution >= 0.6 is 0 Å². The Balaban J connectivity index is 3.50. The second kappa shape index (κ2) is 8.48. The lowest BCUT2D eigenvalue weighted by atomic mass is 10.1. The molecule has 88 valence electrons. The monoisotopic (exact) mass is 214 g/mol. The molecule has 0 heterocycles. The summed E-state index contributed by atoms with van der Waals surface area (Å²) >= 11 is 0. The van der Waals surface area contributed by atoms with Crippen LogP contribution in [0.3, 0.4) is 0 Å². The summed E-state index contributed by atoms with van der Waals surface area (Å²) < 4.78 is 5.00. The highest BCUT2D eigenvalue weighted by molar-refractivity contribution is 5.87. The van der Waals surface area contributed by atoms with E-state index >= 15 is 0 Å². The predicted octanol–water partition coefficient (Wildman–Crippen LogP) is 2.44. The molecule has 0 aliphatic rings. The summed E-state index contributed by atoms with van der Waals surface area (Å²) in [6.07, 6.45) is 4.71. The number of carbonyl (C=O) groups is 1. The Bertz CT molecular complexity index is 209. The third kappa shape index (κ3) is 7.14. The van der Waals surface area contributed by atoms with Crippen molar-refractivity contribution in [2.24, 2.45) is 0 Å². The molecule has 0 bridgehead atoms. The van der Waals surface area contributed by atoms with Gasteiger partial charge in [-0.15, -0.1) is 0 Å². The van der Waals surface area contributed by atoms with Gasteiger partial charge in [-0.05, 0) is 33.1 Å². The molecule has 0 aliphatic carbocycles. The fourth-order valence-electron chi connectivity index (χ4n) is 1.19. The molecule has 3 heteroatoms. The Kier molecular flexibility index (Phi) is 8.01. The van der Waals surface area contributed by atoms with E-state index in [1.54, 1.807) is 13.0 Å². The lowest BCUT2D eigenvalue weighted by molar-refractivity contribution is -0.139. The van der Waals surface area contributed by atoms with Gasteiger partial charge in [-0.25, -0.2) is 4.79 Å². The van der Waals surface area contributed by atoms with E-state index in [-0.39, 0.29) is 12.1 Å². The Morgan fingerprint density at radius 2 is 2.13 bits per heavy atom. The minimum atomic E-state index is -0.262. The van der Waals surface area contributed by atoms with Crippen LogP contribution in [0, 0.1) is 0 Å². The summed E-state index contributed by atoms with van der Waals surface area (Å²) in [5, 5.41) is 9.42. The highest BCUT2D eigenvalue weighted by Crippen LogP contribution is 2.05. The quantitative estimate of drug-likeness (QED) is 0.402. The summed E-state index contributed by atoms with van der Waals surface area (Å²) in [7, 11) is 0. The van der Waals surface area contributed by atoms with Crippen LogP contribution in [-0.4, -0.2) is 23.8 Å². The fourth-order valence-corrected chi connectivity index (χ4v) is 1.19. The number of hydrogen-bond donors (Lipinski definition) is 1. The average Bonchev–Trinajstić information content (AvgIpc) is 2.23. The van der Waals surface area contributed by atoms with Gasteiger partial charge in [0.05, 0.1) is 12.7 Å². The minimum absolute atomic E-state index is 0.253. The van der Waals surface area contributed by atoms with E-state index in [0.29, 0.717) is 18.6 Å². The second-order valence-corrected chi connectivity index (χ2v) is 3.69. The molecule has 0 fully saturated rings. The highest BCUT2D eigenvalue weighted by atomic mass is 16.5. The van der Waals surface area contributed by atoms with E-state index in [9.17, 15) is 9.90 Å². The van der Waals surface area contributed by atoms with E-state index < -0.39 is 0 Å². The molecule has 0 aliphatic heterocycles. The molecule has 0 aromatic rings. The van der Waals surface area contributed by atoms with Crippen molar-refractivity contribution in [2.75, 3.05) is 6.61 Å². The fraction of sp³-hybridized carbons (Fsp3) is 0.750. The molecule has 15 heavy (non-hydrogen) atoms. The molecule has 0 aromatic heterocycles. The van der Waals surface area contributed by atoms with Crippen molar-refractivity contribution in [1.82, 2.24) is 0 Å². The van der Waals surface area contributed by atoms with Gasteiger partial charge in [0.2, 0.25) is 0 Å². The SMILES string of the molecule is CC=C(C)C(=O)OCCCC(O)CCC. The number of aliphatic hydroxyl groups is 1. The minimum Gasteiger partial charge on any atom is -0.462 e. The van der Waals surface area contributed by atoms with Crippen molar-refractivity contribution >= 4 is 5.97 Å². The molecule has 0 aromatic carbocycles. The van der Waals surface area contributed by atoms with E-state index in [0.717, 1.165) is 19.3 Å². The van der Waals surface area contributed by atoms with Crippen molar-refractivity contribution in [3.63, 3.8) is 0 Å². The van der Waals surface area contributed by atoms with Gasteiger partial charge in [0.1, 0.15) is 0 Å². The van der Waals surface area contributed by atoms with Crippen LogP contribution in [0.1, 0.15) is 46.5 Å². The molecule has 0 amide bonds. The Labute approximate surface area is 92.1 Å². The van der Waals surface area contributed by atoms with Gasteiger partial charge >= 0.3 is 5.97 Å². The standard InChI is InChI=1S/C12H22O3/c1-4-7-11(13)8-6-9-15-12(14)10(3)5-2/h5,11,13H,4,6-9H2,1-3H3. The maximum atomic E-state index is 11.2. The molecule has 0 saturated carbocycles. The summed E-state index contributed by atoms with van der Waals surface area (Å²) in [6, 6.07) is 0. The first-order valence-electron chi connectivity index (χ1n) is 5.59. The average molecular weight is 214 g/mol. The maximum Gasteiger partial charge on any atom is 0.333 e. The smallest absolute Gasteiger partial charge is 0.333 e. The van der Waals surface area contributed by atoms with Crippen molar-refractivity contribution in [3.05, 3.63) is 11.6 Å². The largest absolute Gasteiger partial charge is 0.462 e. The van der Waals surface area contributed by atoms with Crippen molar-refractivity contribution in [1.29, 1.82) is 0 Å². The van der Waals surface area contributed by atoms with Crippen LogP contribution in [-0.2, 0) is 9.53 Å². The normalized spacial score (nSPS) is 13.7. The van der Waals surface area contributed by atoms with Crippen LogP contribution in [0.15, 0.2) is 11.6 Å². The van der Waals surface area contributed by atoms with Crippen LogP contribution < -0.4 is 0 Å². The molecular weight excluding hydrogens is 192 g/mol. The van der Waals surface area contributed by atoms with Gasteiger partial charge in [-0.2, -0.15) is 0 Å². The van der Waals surface area contributed by atoms with Crippen molar-refractivity contribution in [3.8, 4) is 0 Å². The maximum absolute atomic E-state index is 11.2. The molecule has 3 nitrogen and oxygen atoms in total. The van der Waals surface area contributed by atoms with Crippen LogP contribution in [0.25, 0.3) is 0 Å². The first kappa shape index (κ1) is 14.2. The Morgan fingerprint density at radius 1 is 1.47 bits per heavy atom. The van der Waals surface area contributed by atoms with Crippen LogP contribution in [0.4, 0.5) is 0 Å². The lowest BCUT2D eigenvalue weighted by Gasteiger charge is -2.09. The summed E-state index contributed by atoms with van der Waals surface area (Å²) in [5.74, 6) is -0.262. The molecule has 1 atom stereocenters. The van der Waals surface area contributed by atoms with Gasteiger partial charge in [-0.1, -0.05) is 19.4 Å². The number of esters is 1. The van der Waals surface area contributed by atoms with Crippen LogP contribution in [0.5, 0.6) is 0 Å². The van der Waals surface area contributed by atoms with Crippen molar-refractivity contribution < 1.29 is 14.6 Å². The molecular formula is C12H22O3. The molecule has 1 unspecified atom stereocenters. The van der Waals surface area contributed by atoms with Crippen LogP contribution in [0.2, 0.25) is 0 Å². The van der Waals surface area contributed by atoms with Gasteiger partial charge < -0.3 is 9.84 Å². The first-order valence-corrected chi connectivity index (χ1v) is 5.59. The van der Waals surface area contributed by atoms with Gasteiger partial charge in [0.15, 0.2) is 0 Å². The third-order valence-corrected chi connectivity index (χ3v) is 2.29. The molecule has 0 saturated heterocycles. The molecule has 0 radical (unpaired) electrons. The number of rotatable bonds is 7. The summed E-state index contributed by atoms with van der Waals surface area (Å²) in [5.41, 5.74) is 0.629.